The third-order valence-corrected chi connectivity index (χ3v) is 4.96. The maximum Gasteiger partial charge on any atom is 0.128 e. The van der Waals surface area contributed by atoms with E-state index in [0.29, 0.717) is 29.6 Å². The number of aliphatic hydroxyl groups excluding tert-OH is 1. The lowest BCUT2D eigenvalue weighted by Gasteiger charge is -2.32. The standard InChI is InChI=1S/C19H22ClN5O2/c1-27-18-5-4-14(20)10-16(18)19-17(25-9-2-6-21-25)13-24(22-19)12-15(26)11-23-7-3-8-23/h2,4-6,9-10,13,15,26H,3,7-8,11-12H2,1H3/t15-/m0/s1. The summed E-state index contributed by atoms with van der Waals surface area (Å²) in [5.41, 5.74) is 2.29. The first-order chi connectivity index (χ1) is 13.1. The summed E-state index contributed by atoms with van der Waals surface area (Å²) in [6.07, 6.45) is 6.19. The van der Waals surface area contributed by atoms with E-state index < -0.39 is 6.10 Å². The van der Waals surface area contributed by atoms with Gasteiger partial charge in [0.25, 0.3) is 0 Å². The van der Waals surface area contributed by atoms with E-state index in [1.165, 1.54) is 6.42 Å². The first-order valence-electron chi connectivity index (χ1n) is 8.96. The Hall–Kier alpha value is -2.35. The SMILES string of the molecule is COc1ccc(Cl)cc1-c1nn(C[C@@H](O)CN2CCC2)cc1-n1cccn1. The van der Waals surface area contributed by atoms with Gasteiger partial charge in [-0.25, -0.2) is 4.68 Å². The molecule has 3 heterocycles. The first-order valence-corrected chi connectivity index (χ1v) is 9.33. The molecule has 0 bridgehead atoms. The normalized spacial score (nSPS) is 15.5. The van der Waals surface area contributed by atoms with E-state index in [-0.39, 0.29) is 0 Å². The summed E-state index contributed by atoms with van der Waals surface area (Å²) < 4.78 is 9.01. The number of aliphatic hydroxyl groups is 1. The molecule has 7 nitrogen and oxygen atoms in total. The van der Waals surface area contributed by atoms with Crippen LogP contribution >= 0.6 is 11.6 Å². The van der Waals surface area contributed by atoms with Gasteiger partial charge in [-0.05, 0) is 43.8 Å². The Labute approximate surface area is 162 Å². The number of methoxy groups -OCH3 is 1. The molecule has 1 aliphatic heterocycles. The number of benzene rings is 1. The Morgan fingerprint density at radius 1 is 1.30 bits per heavy atom. The van der Waals surface area contributed by atoms with Crippen LogP contribution in [0.25, 0.3) is 16.9 Å². The summed E-state index contributed by atoms with van der Waals surface area (Å²) in [5.74, 6) is 0.680. The number of β-amino-alcohol motifs (C(OH)–C–C–N with tert-alkyl or cyclic N) is 1. The third kappa shape index (κ3) is 3.85. The molecular weight excluding hydrogens is 366 g/mol. The van der Waals surface area contributed by atoms with Crippen molar-refractivity contribution in [2.45, 2.75) is 19.1 Å². The van der Waals surface area contributed by atoms with Gasteiger partial charge in [-0.15, -0.1) is 0 Å². The average molecular weight is 388 g/mol. The second kappa shape index (κ2) is 7.72. The van der Waals surface area contributed by atoms with Gasteiger partial charge in [-0.1, -0.05) is 11.6 Å². The van der Waals surface area contributed by atoms with E-state index in [0.717, 1.165) is 24.3 Å². The zero-order chi connectivity index (χ0) is 18.8. The number of ether oxygens (including phenoxy) is 1. The van der Waals surface area contributed by atoms with Gasteiger partial charge < -0.3 is 14.7 Å². The van der Waals surface area contributed by atoms with Gasteiger partial charge in [0.05, 0.1) is 26.0 Å². The van der Waals surface area contributed by atoms with E-state index >= 15 is 0 Å². The summed E-state index contributed by atoms with van der Waals surface area (Å²) in [5, 5.41) is 20.1. The fraction of sp³-hybridized carbons (Fsp3) is 0.368. The van der Waals surface area contributed by atoms with Crippen molar-refractivity contribution >= 4 is 11.6 Å². The fourth-order valence-electron chi connectivity index (χ4n) is 3.28. The maximum atomic E-state index is 10.4. The van der Waals surface area contributed by atoms with Gasteiger partial charge in [0.1, 0.15) is 17.1 Å². The quantitative estimate of drug-likeness (QED) is 0.674. The lowest BCUT2D eigenvalue weighted by atomic mass is 10.1. The van der Waals surface area contributed by atoms with Crippen LogP contribution in [0.4, 0.5) is 0 Å². The fourth-order valence-corrected chi connectivity index (χ4v) is 3.45. The molecule has 0 radical (unpaired) electrons. The average Bonchev–Trinajstić information content (AvgIpc) is 3.27. The van der Waals surface area contributed by atoms with Crippen molar-refractivity contribution < 1.29 is 9.84 Å². The Kier molecular flexibility index (Phi) is 5.15. The van der Waals surface area contributed by atoms with Crippen LogP contribution in [0.5, 0.6) is 5.75 Å². The van der Waals surface area contributed by atoms with Gasteiger partial charge in [0, 0.05) is 29.5 Å². The van der Waals surface area contributed by atoms with E-state index in [1.54, 1.807) is 28.7 Å². The Balaban J connectivity index is 1.69. The molecule has 0 amide bonds. The van der Waals surface area contributed by atoms with Gasteiger partial charge in [0.15, 0.2) is 0 Å². The van der Waals surface area contributed by atoms with Gasteiger partial charge in [-0.2, -0.15) is 10.2 Å². The highest BCUT2D eigenvalue weighted by molar-refractivity contribution is 6.31. The summed E-state index contributed by atoms with van der Waals surface area (Å²) in [7, 11) is 1.62. The third-order valence-electron chi connectivity index (χ3n) is 4.73. The lowest BCUT2D eigenvalue weighted by Crippen LogP contribution is -2.43. The molecule has 0 spiro atoms. The van der Waals surface area contributed by atoms with E-state index in [1.807, 2.05) is 30.6 Å². The molecule has 142 valence electrons. The molecule has 0 saturated carbocycles. The highest BCUT2D eigenvalue weighted by Gasteiger charge is 2.21. The highest BCUT2D eigenvalue weighted by Crippen LogP contribution is 2.35. The van der Waals surface area contributed by atoms with Crippen molar-refractivity contribution in [3.63, 3.8) is 0 Å². The van der Waals surface area contributed by atoms with Crippen LogP contribution in [0.2, 0.25) is 5.02 Å². The zero-order valence-corrected chi connectivity index (χ0v) is 15.9. The molecule has 1 N–H and O–H groups in total. The molecule has 4 rings (SSSR count). The summed E-state index contributed by atoms with van der Waals surface area (Å²) in [4.78, 5) is 2.24. The van der Waals surface area contributed by atoms with Crippen molar-refractivity contribution in [1.82, 2.24) is 24.5 Å². The minimum atomic E-state index is -0.482. The van der Waals surface area contributed by atoms with Crippen molar-refractivity contribution in [1.29, 1.82) is 0 Å². The van der Waals surface area contributed by atoms with E-state index in [9.17, 15) is 5.11 Å². The van der Waals surface area contributed by atoms with Crippen LogP contribution < -0.4 is 4.74 Å². The molecule has 0 aliphatic carbocycles. The number of hydrogen-bond donors (Lipinski definition) is 1. The lowest BCUT2D eigenvalue weighted by molar-refractivity contribution is 0.0662. The minimum Gasteiger partial charge on any atom is -0.496 e. The molecular formula is C19H22ClN5O2. The second-order valence-electron chi connectivity index (χ2n) is 6.69. The molecule has 2 aromatic heterocycles. The van der Waals surface area contributed by atoms with Crippen LogP contribution in [0.1, 0.15) is 6.42 Å². The smallest absolute Gasteiger partial charge is 0.128 e. The van der Waals surface area contributed by atoms with Crippen molar-refractivity contribution in [2.75, 3.05) is 26.7 Å². The van der Waals surface area contributed by atoms with Crippen LogP contribution in [-0.4, -0.2) is 62.4 Å². The van der Waals surface area contributed by atoms with Gasteiger partial charge in [0.2, 0.25) is 0 Å². The number of rotatable bonds is 7. The molecule has 1 aliphatic rings. The topological polar surface area (TPSA) is 68.3 Å². The molecule has 3 aromatic rings. The number of nitrogens with zero attached hydrogens (tertiary/aromatic N) is 5. The molecule has 1 fully saturated rings. The predicted molar refractivity (Wildman–Crippen MR) is 103 cm³/mol. The number of halogens is 1. The Morgan fingerprint density at radius 2 is 2.15 bits per heavy atom. The Morgan fingerprint density at radius 3 is 2.81 bits per heavy atom. The van der Waals surface area contributed by atoms with Crippen molar-refractivity contribution in [3.8, 4) is 22.7 Å². The molecule has 27 heavy (non-hydrogen) atoms. The molecule has 1 saturated heterocycles. The minimum absolute atomic E-state index is 0.410. The van der Waals surface area contributed by atoms with Crippen molar-refractivity contribution in [2.24, 2.45) is 0 Å². The van der Waals surface area contributed by atoms with Crippen molar-refractivity contribution in [3.05, 3.63) is 47.9 Å². The van der Waals surface area contributed by atoms with Crippen LogP contribution in [0, 0.1) is 0 Å². The summed E-state index contributed by atoms with van der Waals surface area (Å²) in [6, 6.07) is 7.29. The van der Waals surface area contributed by atoms with Crippen LogP contribution in [-0.2, 0) is 6.54 Å². The summed E-state index contributed by atoms with van der Waals surface area (Å²) in [6.45, 7) is 3.18. The maximum absolute atomic E-state index is 10.4. The van der Waals surface area contributed by atoms with Gasteiger partial charge >= 0.3 is 0 Å². The van der Waals surface area contributed by atoms with E-state index in [2.05, 4.69) is 10.00 Å². The van der Waals surface area contributed by atoms with E-state index in [4.69, 9.17) is 21.4 Å². The molecule has 1 atom stereocenters. The Bertz CT molecular complexity index is 905. The number of aromatic nitrogens is 4. The number of likely N-dealkylation sites (tertiary alicyclic amines) is 1. The van der Waals surface area contributed by atoms with Gasteiger partial charge in [-0.3, -0.25) is 4.68 Å². The zero-order valence-electron chi connectivity index (χ0n) is 15.1. The van der Waals surface area contributed by atoms with Crippen LogP contribution in [0.3, 0.4) is 0 Å². The monoisotopic (exact) mass is 387 g/mol. The molecule has 0 unspecified atom stereocenters. The van der Waals surface area contributed by atoms with Crippen LogP contribution in [0.15, 0.2) is 42.9 Å². The highest BCUT2D eigenvalue weighted by atomic mass is 35.5. The molecule has 8 heteroatoms. The molecule has 1 aromatic carbocycles. The predicted octanol–water partition coefficient (Wildman–Crippen LogP) is 2.46. The largest absolute Gasteiger partial charge is 0.496 e. The first kappa shape index (κ1) is 18.0. The summed E-state index contributed by atoms with van der Waals surface area (Å²) >= 11 is 6.21. The second-order valence-corrected chi connectivity index (χ2v) is 7.12. The number of hydrogen-bond acceptors (Lipinski definition) is 5.